The topological polar surface area (TPSA) is 38.9 Å². The largest absolute Gasteiger partial charge is 0.464 e. The number of furan rings is 1. The summed E-state index contributed by atoms with van der Waals surface area (Å²) in [5, 5.41) is 3.25. The van der Waals surface area contributed by atoms with Crippen LogP contribution in [0.3, 0.4) is 0 Å². The van der Waals surface area contributed by atoms with Gasteiger partial charge in [0.15, 0.2) is 0 Å². The number of hydrogen-bond acceptors (Lipinski definition) is 4. The highest BCUT2D eigenvalue weighted by Crippen LogP contribution is 2.33. The van der Waals surface area contributed by atoms with Crippen LogP contribution in [-0.4, -0.2) is 8.75 Å². The SMILES string of the molecule is c1ccc2c(c1)c1nsnc1c1ccoc21. The van der Waals surface area contributed by atoms with Gasteiger partial charge in [-0.2, -0.15) is 8.75 Å². The zero-order valence-electron chi connectivity index (χ0n) is 8.18. The Bertz CT molecular complexity index is 746. The van der Waals surface area contributed by atoms with Crippen molar-refractivity contribution in [3.63, 3.8) is 0 Å². The van der Waals surface area contributed by atoms with Gasteiger partial charge in [-0.3, -0.25) is 0 Å². The van der Waals surface area contributed by atoms with Gasteiger partial charge in [-0.1, -0.05) is 24.3 Å². The molecule has 16 heavy (non-hydrogen) atoms. The molecule has 0 bridgehead atoms. The van der Waals surface area contributed by atoms with E-state index in [-0.39, 0.29) is 0 Å². The first-order valence-corrected chi connectivity index (χ1v) is 5.68. The molecule has 2 aromatic heterocycles. The molecule has 0 spiro atoms. The van der Waals surface area contributed by atoms with Crippen molar-refractivity contribution in [2.24, 2.45) is 0 Å². The quantitative estimate of drug-likeness (QED) is 0.460. The Morgan fingerprint density at radius 3 is 2.50 bits per heavy atom. The molecule has 0 fully saturated rings. The average molecular weight is 226 g/mol. The molecule has 4 aromatic rings. The molecule has 0 radical (unpaired) electrons. The van der Waals surface area contributed by atoms with Crippen LogP contribution in [0, 0.1) is 0 Å². The molecule has 0 saturated heterocycles. The number of fused-ring (bicyclic) bond motifs is 6. The summed E-state index contributed by atoms with van der Waals surface area (Å²) in [5.74, 6) is 0. The first-order valence-electron chi connectivity index (χ1n) is 4.95. The van der Waals surface area contributed by atoms with E-state index in [9.17, 15) is 0 Å². The van der Waals surface area contributed by atoms with E-state index >= 15 is 0 Å². The molecule has 3 nitrogen and oxygen atoms in total. The monoisotopic (exact) mass is 226 g/mol. The maximum Gasteiger partial charge on any atom is 0.144 e. The Balaban J connectivity index is 2.51. The standard InChI is InChI=1S/C12H6N2OS/c1-2-4-8-7(3-1)10-11(14-16-13-10)9-5-6-15-12(8)9/h1-6H. The first-order chi connectivity index (χ1) is 7.95. The third-order valence-electron chi connectivity index (χ3n) is 2.84. The average Bonchev–Trinajstić information content (AvgIpc) is 2.98. The van der Waals surface area contributed by atoms with Gasteiger partial charge in [-0.25, -0.2) is 0 Å². The van der Waals surface area contributed by atoms with Crippen molar-refractivity contribution in [2.45, 2.75) is 0 Å². The van der Waals surface area contributed by atoms with Gasteiger partial charge < -0.3 is 4.42 Å². The second kappa shape index (κ2) is 2.80. The van der Waals surface area contributed by atoms with Gasteiger partial charge in [-0.05, 0) is 6.07 Å². The Hall–Kier alpha value is -1.94. The highest BCUT2D eigenvalue weighted by atomic mass is 32.1. The van der Waals surface area contributed by atoms with Gasteiger partial charge in [0.25, 0.3) is 0 Å². The second-order valence-corrected chi connectivity index (χ2v) is 4.20. The minimum absolute atomic E-state index is 0.899. The van der Waals surface area contributed by atoms with Crippen molar-refractivity contribution >= 4 is 44.5 Å². The predicted molar refractivity (Wildman–Crippen MR) is 64.7 cm³/mol. The van der Waals surface area contributed by atoms with Crippen LogP contribution in [0.25, 0.3) is 32.8 Å². The maximum atomic E-state index is 5.55. The minimum Gasteiger partial charge on any atom is -0.464 e. The number of aromatic nitrogens is 2. The van der Waals surface area contributed by atoms with E-state index in [1.54, 1.807) is 6.26 Å². The molecule has 4 heteroatoms. The highest BCUT2D eigenvalue weighted by molar-refractivity contribution is 7.00. The van der Waals surface area contributed by atoms with Crippen molar-refractivity contribution in [2.75, 3.05) is 0 Å². The van der Waals surface area contributed by atoms with Crippen LogP contribution in [-0.2, 0) is 0 Å². The lowest BCUT2D eigenvalue weighted by atomic mass is 10.1. The van der Waals surface area contributed by atoms with Crippen molar-refractivity contribution in [3.05, 3.63) is 36.6 Å². The summed E-state index contributed by atoms with van der Waals surface area (Å²) in [6.45, 7) is 0. The molecule has 0 atom stereocenters. The van der Waals surface area contributed by atoms with E-state index in [2.05, 4.69) is 20.9 Å². The summed E-state index contributed by atoms with van der Waals surface area (Å²) in [6.07, 6.45) is 1.70. The summed E-state index contributed by atoms with van der Waals surface area (Å²) < 4.78 is 14.3. The first kappa shape index (κ1) is 8.24. The second-order valence-electron chi connectivity index (χ2n) is 3.67. The third-order valence-corrected chi connectivity index (χ3v) is 3.36. The van der Waals surface area contributed by atoms with Gasteiger partial charge in [0.1, 0.15) is 16.6 Å². The van der Waals surface area contributed by atoms with Gasteiger partial charge in [-0.15, -0.1) is 0 Å². The predicted octanol–water partition coefficient (Wildman–Crippen LogP) is 3.59. The molecule has 0 aliphatic heterocycles. The zero-order valence-corrected chi connectivity index (χ0v) is 8.99. The lowest BCUT2D eigenvalue weighted by Crippen LogP contribution is -1.77. The van der Waals surface area contributed by atoms with E-state index in [1.165, 1.54) is 11.7 Å². The molecule has 2 aromatic carbocycles. The molecule has 4 rings (SSSR count). The smallest absolute Gasteiger partial charge is 0.144 e. The minimum atomic E-state index is 0.899. The molecular weight excluding hydrogens is 220 g/mol. The van der Waals surface area contributed by atoms with Gasteiger partial charge in [0.05, 0.1) is 18.0 Å². The molecule has 0 aliphatic rings. The van der Waals surface area contributed by atoms with Crippen molar-refractivity contribution in [1.29, 1.82) is 0 Å². The summed E-state index contributed by atoms with van der Waals surface area (Å²) in [6, 6.07) is 10.1. The lowest BCUT2D eigenvalue weighted by Gasteiger charge is -1.99. The van der Waals surface area contributed by atoms with Crippen LogP contribution in [0.2, 0.25) is 0 Å². The number of nitrogens with zero attached hydrogens (tertiary/aromatic N) is 2. The van der Waals surface area contributed by atoms with Gasteiger partial charge in [0, 0.05) is 16.2 Å². The van der Waals surface area contributed by atoms with E-state index in [0.29, 0.717) is 0 Å². The molecule has 76 valence electrons. The maximum absolute atomic E-state index is 5.55. The number of rotatable bonds is 0. The van der Waals surface area contributed by atoms with Crippen LogP contribution in [0.15, 0.2) is 41.0 Å². The van der Waals surface area contributed by atoms with Crippen LogP contribution < -0.4 is 0 Å². The molecule has 0 aliphatic carbocycles. The summed E-state index contributed by atoms with van der Waals surface area (Å²) in [5.41, 5.74) is 2.80. The van der Waals surface area contributed by atoms with E-state index in [0.717, 1.165) is 32.8 Å². The fraction of sp³-hybridized carbons (Fsp3) is 0. The van der Waals surface area contributed by atoms with Crippen molar-refractivity contribution < 1.29 is 4.42 Å². The van der Waals surface area contributed by atoms with Crippen molar-refractivity contribution in [3.8, 4) is 0 Å². The Labute approximate surface area is 94.6 Å². The Morgan fingerprint density at radius 1 is 0.875 bits per heavy atom. The molecule has 2 heterocycles. The third kappa shape index (κ3) is 0.875. The molecule has 0 unspecified atom stereocenters. The van der Waals surface area contributed by atoms with E-state index in [4.69, 9.17) is 4.42 Å². The Kier molecular flexibility index (Phi) is 1.44. The fourth-order valence-electron chi connectivity index (χ4n) is 2.13. The molecule has 0 saturated carbocycles. The highest BCUT2D eigenvalue weighted by Gasteiger charge is 2.12. The van der Waals surface area contributed by atoms with Crippen LogP contribution in [0.4, 0.5) is 0 Å². The fourth-order valence-corrected chi connectivity index (χ4v) is 2.71. The lowest BCUT2D eigenvalue weighted by molar-refractivity contribution is 0.619. The molecule has 0 N–H and O–H groups in total. The molecule has 0 amide bonds. The van der Waals surface area contributed by atoms with Crippen molar-refractivity contribution in [1.82, 2.24) is 8.75 Å². The summed E-state index contributed by atoms with van der Waals surface area (Å²) >= 11 is 1.24. The van der Waals surface area contributed by atoms with Crippen LogP contribution in [0.5, 0.6) is 0 Å². The molecular formula is C12H6N2OS. The van der Waals surface area contributed by atoms with Gasteiger partial charge >= 0.3 is 0 Å². The number of benzene rings is 2. The van der Waals surface area contributed by atoms with Crippen LogP contribution in [0.1, 0.15) is 0 Å². The normalized spacial score (nSPS) is 11.8. The Morgan fingerprint density at radius 2 is 1.62 bits per heavy atom. The van der Waals surface area contributed by atoms with Crippen LogP contribution >= 0.6 is 11.7 Å². The van der Waals surface area contributed by atoms with E-state index in [1.807, 2.05) is 18.2 Å². The zero-order chi connectivity index (χ0) is 10.5. The summed E-state index contributed by atoms with van der Waals surface area (Å²) in [7, 11) is 0. The van der Waals surface area contributed by atoms with Gasteiger partial charge in [0.2, 0.25) is 0 Å². The summed E-state index contributed by atoms with van der Waals surface area (Å²) in [4.78, 5) is 0. The number of hydrogen-bond donors (Lipinski definition) is 0. The van der Waals surface area contributed by atoms with E-state index < -0.39 is 0 Å².